The maximum atomic E-state index is 9.49. The van der Waals surface area contributed by atoms with E-state index in [9.17, 15) is 5.11 Å². The number of hydrogen-bond acceptors (Lipinski definition) is 3. The Hall–Kier alpha value is -1.22. The average Bonchev–Trinajstić information content (AvgIpc) is 2.16. The third-order valence-electron chi connectivity index (χ3n) is 2.22. The van der Waals surface area contributed by atoms with Crippen molar-refractivity contribution in [2.45, 2.75) is 20.0 Å². The Morgan fingerprint density at radius 3 is 2.07 bits per heavy atom. The molecule has 0 saturated carbocycles. The van der Waals surface area contributed by atoms with Crippen LogP contribution in [0.15, 0.2) is 12.1 Å². The first-order valence-electron chi connectivity index (χ1n) is 4.50. The molecule has 0 heterocycles. The summed E-state index contributed by atoms with van der Waals surface area (Å²) in [7, 11) is 3.18. The second-order valence-corrected chi connectivity index (χ2v) is 3.24. The van der Waals surface area contributed by atoms with Gasteiger partial charge in [0.25, 0.3) is 0 Å². The topological polar surface area (TPSA) is 38.7 Å². The molecule has 0 saturated heterocycles. The van der Waals surface area contributed by atoms with Gasteiger partial charge in [0.2, 0.25) is 0 Å². The summed E-state index contributed by atoms with van der Waals surface area (Å²) in [5.41, 5.74) is 1.86. The fourth-order valence-corrected chi connectivity index (χ4v) is 1.45. The summed E-state index contributed by atoms with van der Waals surface area (Å²) in [4.78, 5) is 0. The van der Waals surface area contributed by atoms with Crippen LogP contribution < -0.4 is 9.47 Å². The van der Waals surface area contributed by atoms with Crippen LogP contribution >= 0.6 is 0 Å². The quantitative estimate of drug-likeness (QED) is 0.804. The van der Waals surface area contributed by atoms with Crippen LogP contribution in [0.1, 0.15) is 24.2 Å². The lowest BCUT2D eigenvalue weighted by Gasteiger charge is -2.14. The summed E-state index contributed by atoms with van der Waals surface area (Å²) < 4.78 is 10.3. The van der Waals surface area contributed by atoms with Crippen molar-refractivity contribution in [2.24, 2.45) is 0 Å². The van der Waals surface area contributed by atoms with Crippen molar-refractivity contribution in [3.05, 3.63) is 23.3 Å². The summed E-state index contributed by atoms with van der Waals surface area (Å²) in [5, 5.41) is 9.49. The molecule has 3 nitrogen and oxygen atoms in total. The molecule has 1 rings (SSSR count). The van der Waals surface area contributed by atoms with Crippen molar-refractivity contribution in [1.82, 2.24) is 0 Å². The van der Waals surface area contributed by atoms with Gasteiger partial charge in [-0.2, -0.15) is 0 Å². The highest BCUT2D eigenvalue weighted by atomic mass is 16.5. The van der Waals surface area contributed by atoms with E-state index in [0.29, 0.717) is 11.5 Å². The molecule has 0 amide bonds. The van der Waals surface area contributed by atoms with Gasteiger partial charge in [0, 0.05) is 0 Å². The molecule has 0 bridgehead atoms. The van der Waals surface area contributed by atoms with Crippen LogP contribution in [0.5, 0.6) is 11.5 Å². The highest BCUT2D eigenvalue weighted by molar-refractivity contribution is 5.47. The summed E-state index contributed by atoms with van der Waals surface area (Å²) in [6, 6.07) is 3.67. The molecule has 0 aliphatic rings. The zero-order chi connectivity index (χ0) is 10.7. The van der Waals surface area contributed by atoms with E-state index >= 15 is 0 Å². The van der Waals surface area contributed by atoms with Gasteiger partial charge in [0.05, 0.1) is 20.3 Å². The highest BCUT2D eigenvalue weighted by Crippen LogP contribution is 2.32. The fraction of sp³-hybridized carbons (Fsp3) is 0.455. The third-order valence-corrected chi connectivity index (χ3v) is 2.22. The number of rotatable bonds is 3. The molecule has 0 aliphatic carbocycles. The van der Waals surface area contributed by atoms with Gasteiger partial charge in [-0.05, 0) is 37.1 Å². The molecule has 78 valence electrons. The van der Waals surface area contributed by atoms with Gasteiger partial charge in [0.15, 0.2) is 11.5 Å². The lowest BCUT2D eigenvalue weighted by Crippen LogP contribution is -1.98. The fourth-order valence-electron chi connectivity index (χ4n) is 1.45. The van der Waals surface area contributed by atoms with Gasteiger partial charge in [-0.15, -0.1) is 0 Å². The summed E-state index contributed by atoms with van der Waals surface area (Å²) in [6.45, 7) is 3.66. The minimum atomic E-state index is -0.491. The molecule has 0 aromatic heterocycles. The van der Waals surface area contributed by atoms with Crippen molar-refractivity contribution in [1.29, 1.82) is 0 Å². The summed E-state index contributed by atoms with van der Waals surface area (Å²) >= 11 is 0. The Bertz CT molecular complexity index is 319. The zero-order valence-electron chi connectivity index (χ0n) is 9.00. The summed E-state index contributed by atoms with van der Waals surface area (Å²) in [6.07, 6.45) is -0.491. The van der Waals surface area contributed by atoms with Gasteiger partial charge in [-0.3, -0.25) is 0 Å². The molecule has 1 N–H and O–H groups in total. The molecule has 14 heavy (non-hydrogen) atoms. The van der Waals surface area contributed by atoms with Crippen LogP contribution in [0, 0.1) is 6.92 Å². The van der Waals surface area contributed by atoms with Crippen LogP contribution in [0.25, 0.3) is 0 Å². The Balaban J connectivity index is 3.23. The Kier molecular flexibility index (Phi) is 3.36. The average molecular weight is 196 g/mol. The van der Waals surface area contributed by atoms with E-state index in [1.165, 1.54) is 0 Å². The number of ether oxygens (including phenoxy) is 2. The second kappa shape index (κ2) is 4.33. The van der Waals surface area contributed by atoms with Crippen molar-refractivity contribution in [2.75, 3.05) is 14.2 Å². The standard InChI is InChI=1S/C11H16O3/c1-7-5-10(13-3)11(14-4)6-9(7)8(2)12/h5-6,8,12H,1-4H3/t8-/m0/s1. The van der Waals surface area contributed by atoms with Crippen LogP contribution in [-0.4, -0.2) is 19.3 Å². The number of methoxy groups -OCH3 is 2. The van der Waals surface area contributed by atoms with E-state index < -0.39 is 6.10 Å². The smallest absolute Gasteiger partial charge is 0.161 e. The van der Waals surface area contributed by atoms with E-state index in [2.05, 4.69) is 0 Å². The number of aryl methyl sites for hydroxylation is 1. The van der Waals surface area contributed by atoms with Crippen LogP contribution in [0.2, 0.25) is 0 Å². The largest absolute Gasteiger partial charge is 0.493 e. The number of aliphatic hydroxyl groups is 1. The molecule has 0 fully saturated rings. The van der Waals surface area contributed by atoms with Gasteiger partial charge in [-0.1, -0.05) is 0 Å². The zero-order valence-corrected chi connectivity index (χ0v) is 9.00. The normalized spacial score (nSPS) is 12.4. The predicted octanol–water partition coefficient (Wildman–Crippen LogP) is 2.07. The van der Waals surface area contributed by atoms with E-state index in [4.69, 9.17) is 9.47 Å². The molecule has 0 aliphatic heterocycles. The predicted molar refractivity (Wildman–Crippen MR) is 54.9 cm³/mol. The van der Waals surface area contributed by atoms with E-state index in [-0.39, 0.29) is 0 Å². The first-order valence-corrected chi connectivity index (χ1v) is 4.50. The lowest BCUT2D eigenvalue weighted by atomic mass is 10.0. The first-order chi connectivity index (χ1) is 6.60. The Morgan fingerprint density at radius 2 is 1.64 bits per heavy atom. The third kappa shape index (κ3) is 1.99. The SMILES string of the molecule is COc1cc(C)c([C@H](C)O)cc1OC. The summed E-state index contributed by atoms with van der Waals surface area (Å²) in [5.74, 6) is 1.34. The minimum absolute atomic E-state index is 0.491. The number of aliphatic hydroxyl groups excluding tert-OH is 1. The van der Waals surface area contributed by atoms with Crippen molar-refractivity contribution >= 4 is 0 Å². The Morgan fingerprint density at radius 1 is 1.14 bits per heavy atom. The van der Waals surface area contributed by atoms with Crippen LogP contribution in [0.4, 0.5) is 0 Å². The van der Waals surface area contributed by atoms with E-state index in [1.54, 1.807) is 27.2 Å². The van der Waals surface area contributed by atoms with Gasteiger partial charge in [0.1, 0.15) is 0 Å². The van der Waals surface area contributed by atoms with Crippen molar-refractivity contribution < 1.29 is 14.6 Å². The molecule has 1 aromatic rings. The molecular weight excluding hydrogens is 180 g/mol. The number of benzene rings is 1. The van der Waals surface area contributed by atoms with Gasteiger partial charge < -0.3 is 14.6 Å². The molecule has 3 heteroatoms. The van der Waals surface area contributed by atoms with Crippen molar-refractivity contribution in [3.63, 3.8) is 0 Å². The van der Waals surface area contributed by atoms with Crippen LogP contribution in [-0.2, 0) is 0 Å². The number of hydrogen-bond donors (Lipinski definition) is 1. The van der Waals surface area contributed by atoms with Gasteiger partial charge >= 0.3 is 0 Å². The minimum Gasteiger partial charge on any atom is -0.493 e. The van der Waals surface area contributed by atoms with Crippen LogP contribution in [0.3, 0.4) is 0 Å². The maximum Gasteiger partial charge on any atom is 0.161 e. The maximum absolute atomic E-state index is 9.49. The second-order valence-electron chi connectivity index (χ2n) is 3.24. The molecule has 1 aromatic carbocycles. The molecule has 0 radical (unpaired) electrons. The molecular formula is C11H16O3. The monoisotopic (exact) mass is 196 g/mol. The molecule has 0 spiro atoms. The van der Waals surface area contributed by atoms with Gasteiger partial charge in [-0.25, -0.2) is 0 Å². The Labute approximate surface area is 84.3 Å². The first kappa shape index (κ1) is 10.9. The highest BCUT2D eigenvalue weighted by Gasteiger charge is 2.11. The van der Waals surface area contributed by atoms with Crippen molar-refractivity contribution in [3.8, 4) is 11.5 Å². The molecule has 1 atom stereocenters. The lowest BCUT2D eigenvalue weighted by molar-refractivity contribution is 0.198. The molecule has 0 unspecified atom stereocenters. The van der Waals surface area contributed by atoms with E-state index in [1.807, 2.05) is 13.0 Å². The van der Waals surface area contributed by atoms with E-state index in [0.717, 1.165) is 11.1 Å².